The largest absolute Gasteiger partial charge is 0 e. The molecular weight excluding hydrogens is 1100 g/mol. The van der Waals surface area contributed by atoms with Crippen molar-refractivity contribution in [2.45, 2.75) is 66.7 Å². The van der Waals surface area contributed by atoms with E-state index in [1.165, 1.54) is 73.1 Å². The Kier molecular flexibility index (Phi) is 82.5. The van der Waals surface area contributed by atoms with Crippen LogP contribution in [0.5, 0.6) is 0 Å². The smallest absolute Gasteiger partial charge is 0 e. The van der Waals surface area contributed by atoms with Gasteiger partial charge in [-0.25, -0.2) is 0 Å². The zero-order valence-corrected chi connectivity index (χ0v) is 39.3. The maximum absolute atomic E-state index is 4.01. The third-order valence-electron chi connectivity index (χ3n) is 4.02. The molecule has 31 heavy (non-hydrogen) atoms. The minimum absolute atomic E-state index is 0. The van der Waals surface area contributed by atoms with Crippen LogP contribution >= 0.6 is 110 Å². The Bertz CT molecular complexity index is 253. The number of piperidine rings is 2. The average molecular weight is 1140 g/mol. The van der Waals surface area contributed by atoms with Gasteiger partial charge in [0.15, 0.2) is 0 Å². The van der Waals surface area contributed by atoms with Gasteiger partial charge < -0.3 is 39.3 Å². The molecule has 2 aliphatic heterocycles. The average Bonchev–Trinajstić information content (AvgIpc) is 2.74. The second-order valence-electron chi connectivity index (χ2n) is 6.20. The van der Waals surface area contributed by atoms with E-state index in [-0.39, 0.29) is 38.0 Å². The quantitative estimate of drug-likeness (QED) is 0.112. The molecular formula is C21H46I5N2VZn2-. The van der Waals surface area contributed by atoms with Crippen molar-refractivity contribution in [3.63, 3.8) is 0 Å². The predicted molar refractivity (Wildman–Crippen MR) is 178 cm³/mol. The summed E-state index contributed by atoms with van der Waals surface area (Å²) in [6.45, 7) is 19.4. The zero-order valence-electron chi connectivity index (χ0n) is 21.2. The van der Waals surface area contributed by atoms with Crippen LogP contribution in [0.4, 0.5) is 0 Å². The van der Waals surface area contributed by atoms with Crippen molar-refractivity contribution in [3.05, 3.63) is 11.9 Å². The van der Waals surface area contributed by atoms with Crippen LogP contribution in [-0.4, -0.2) is 50.0 Å². The standard InChI is InChI=1S/C8H17N.C7H14N.2C2H6.CHI3.CH2I.HI.V.2Zn/c1-3-8-5-4-6-9(2)7-8;1-7-4-3-5-8(2)6-7;2*1-2;2-1(3)4;1-2;;;;/h8H,3-7H2,1-2H3;7H,1,3-6H2,2H3;2*1-2H3;1H;1H2;1H;;;/q;-1;;;;-1;;;;+2/p-1. The van der Waals surface area contributed by atoms with E-state index in [0.717, 1.165) is 5.86 Å². The summed E-state index contributed by atoms with van der Waals surface area (Å²) in [6.07, 6.45) is 6.90. The first-order valence-electron chi connectivity index (χ1n) is 10.5. The molecule has 0 aliphatic carbocycles. The third kappa shape index (κ3) is 52.6. The molecule has 0 aromatic heterocycles. The maximum Gasteiger partial charge on any atom is 0 e. The molecule has 2 atom stereocenters. The molecule has 2 aliphatic rings. The third-order valence-corrected chi connectivity index (χ3v) is 4.02. The van der Waals surface area contributed by atoms with Crippen molar-refractivity contribution in [1.82, 2.24) is 9.80 Å². The first-order chi connectivity index (χ1) is 13.8. The van der Waals surface area contributed by atoms with Gasteiger partial charge in [0.25, 0.3) is 0 Å². The van der Waals surface area contributed by atoms with Gasteiger partial charge in [-0.05, 0) is 58.9 Å². The van der Waals surface area contributed by atoms with Gasteiger partial charge in [0, 0.05) is 44.6 Å². The van der Waals surface area contributed by atoms with Gasteiger partial charge in [-0.1, -0.05) is 115 Å². The molecule has 0 spiro atoms. The Morgan fingerprint density at radius 1 is 0.871 bits per heavy atom. The number of rotatable bonds is 1. The molecule has 2 saturated heterocycles. The molecule has 2 heterocycles. The Morgan fingerprint density at radius 3 is 1.39 bits per heavy atom. The molecule has 185 valence electrons. The molecule has 0 aromatic rings. The SMILES string of the molecule is CC.CC.CCC1CCCN(C)C1.IC(I)I.[CH2-]C1CCCN(C)C1.[CH2-]I.[V].[Zn+][I].[Zn]. The number of halogens is 5. The van der Waals surface area contributed by atoms with E-state index in [0.29, 0.717) is 5.92 Å². The van der Waals surface area contributed by atoms with Crippen molar-refractivity contribution in [2.24, 2.45) is 11.8 Å². The molecule has 2 nitrogen and oxygen atoms in total. The Labute approximate surface area is 298 Å². The van der Waals surface area contributed by atoms with Gasteiger partial charge in [-0.2, -0.15) is 5.92 Å². The summed E-state index contributed by atoms with van der Waals surface area (Å²) in [4.78, 5) is 8.01. The second-order valence-corrected chi connectivity index (χ2v) is 17.1. The van der Waals surface area contributed by atoms with Crippen LogP contribution in [0.15, 0.2) is 0 Å². The van der Waals surface area contributed by atoms with Crippen LogP contribution in [-0.2, 0) is 52.8 Å². The first kappa shape index (κ1) is 52.8. The minimum Gasteiger partial charge on any atom is 0 e. The van der Waals surface area contributed by atoms with Crippen molar-refractivity contribution in [2.75, 3.05) is 40.3 Å². The zero-order chi connectivity index (χ0) is 24.3. The minimum atomic E-state index is 0. The molecule has 2 fully saturated rings. The van der Waals surface area contributed by atoms with Crippen molar-refractivity contribution >= 4 is 110 Å². The molecule has 0 bridgehead atoms. The Balaban J connectivity index is -0.0000000483. The molecule has 0 saturated carbocycles. The Morgan fingerprint density at radius 2 is 1.19 bits per heavy atom. The van der Waals surface area contributed by atoms with E-state index < -0.39 is 0 Å². The summed E-state index contributed by atoms with van der Waals surface area (Å²) in [7, 11) is 4.39. The van der Waals surface area contributed by atoms with E-state index in [1.807, 2.05) is 50.3 Å². The van der Waals surface area contributed by atoms with Crippen LogP contribution in [0.3, 0.4) is 0 Å². The number of hydrogen-bond acceptors (Lipinski definition) is 2. The summed E-state index contributed by atoms with van der Waals surface area (Å²) in [5.74, 6) is 1.68. The van der Waals surface area contributed by atoms with Crippen molar-refractivity contribution in [3.8, 4) is 0 Å². The van der Waals surface area contributed by atoms with Crippen LogP contribution in [0.25, 0.3) is 0 Å². The maximum atomic E-state index is 4.01. The van der Waals surface area contributed by atoms with Gasteiger partial charge in [-0.15, -0.1) is 0 Å². The monoisotopic (exact) mass is 1140 g/mol. The molecule has 1 radical (unpaired) electrons. The molecule has 2 rings (SSSR count). The second kappa shape index (κ2) is 48.5. The van der Waals surface area contributed by atoms with Crippen LogP contribution in [0.1, 0.15) is 66.7 Å². The van der Waals surface area contributed by atoms with Crippen LogP contribution < -0.4 is 0 Å². The predicted octanol–water partition coefficient (Wildman–Crippen LogP) is 9.62. The number of likely N-dealkylation sites (tertiary alicyclic amines) is 2. The molecule has 0 amide bonds. The fourth-order valence-corrected chi connectivity index (χ4v) is 2.88. The first-order valence-corrected chi connectivity index (χ1v) is 24.8. The van der Waals surface area contributed by atoms with Gasteiger partial charge in [-0.3, -0.25) is 4.93 Å². The normalized spacial score (nSPS) is 19.4. The van der Waals surface area contributed by atoms with Gasteiger partial charge in [0.1, 0.15) is -0.0619 Å². The van der Waals surface area contributed by atoms with Crippen LogP contribution in [0, 0.1) is 23.7 Å². The summed E-state index contributed by atoms with van der Waals surface area (Å²) < 4.78 is 0.743. The number of alkyl halides is 3. The van der Waals surface area contributed by atoms with E-state index in [1.54, 1.807) is 0 Å². The summed E-state index contributed by atoms with van der Waals surface area (Å²) in [5, 5.41) is 0. The fraction of sp³-hybridized carbons (Fsp3) is 0.905. The van der Waals surface area contributed by atoms with E-state index in [9.17, 15) is 0 Å². The fourth-order valence-electron chi connectivity index (χ4n) is 2.88. The van der Waals surface area contributed by atoms with Gasteiger partial charge >= 0.3 is 34.5 Å². The number of hydrogen-bond donors (Lipinski definition) is 0. The van der Waals surface area contributed by atoms with Crippen LogP contribution in [0.2, 0.25) is 0 Å². The molecule has 0 aromatic carbocycles. The molecule has 2 unspecified atom stereocenters. The summed E-state index contributed by atoms with van der Waals surface area (Å²) in [5.41, 5.74) is 0. The number of nitrogens with zero attached hydrogens (tertiary/aromatic N) is 2. The van der Waals surface area contributed by atoms with Gasteiger partial charge in [0.05, 0.1) is 0 Å². The van der Waals surface area contributed by atoms with Crippen molar-refractivity contribution < 1.29 is 52.8 Å². The van der Waals surface area contributed by atoms with E-state index in [4.69, 9.17) is 0 Å². The summed E-state index contributed by atoms with van der Waals surface area (Å²) in [6, 6.07) is 0. The molecule has 10 heteroatoms. The van der Waals surface area contributed by atoms with E-state index in [2.05, 4.69) is 130 Å². The summed E-state index contributed by atoms with van der Waals surface area (Å²) >= 11 is 12.5. The van der Waals surface area contributed by atoms with Gasteiger partial charge in [0.2, 0.25) is 0 Å². The van der Waals surface area contributed by atoms with Crippen molar-refractivity contribution in [1.29, 1.82) is 0 Å². The van der Waals surface area contributed by atoms with E-state index >= 15 is 0 Å². The topological polar surface area (TPSA) is 6.48 Å². The Hall–Kier alpha value is 5.40. The molecule has 0 N–H and O–H groups in total.